The zero-order valence-electron chi connectivity index (χ0n) is 14.5. The number of amides is 2. The number of carbonyl (C=O) groups is 1. The number of carbonyl (C=O) groups excluding carboxylic acids is 1. The summed E-state index contributed by atoms with van der Waals surface area (Å²) in [6, 6.07) is 12.9. The average molecular weight is 341 g/mol. The van der Waals surface area contributed by atoms with E-state index in [0.717, 1.165) is 29.0 Å². The lowest BCUT2D eigenvalue weighted by atomic mass is 10.1. The third-order valence-corrected chi connectivity index (χ3v) is 3.41. The zero-order valence-corrected chi connectivity index (χ0v) is 14.5. The molecular weight excluding hydrogens is 318 g/mol. The van der Waals surface area contributed by atoms with E-state index in [1.54, 1.807) is 0 Å². The van der Waals surface area contributed by atoms with Gasteiger partial charge in [-0.2, -0.15) is 5.10 Å². The lowest BCUT2D eigenvalue weighted by Gasteiger charge is -2.11. The molecule has 0 saturated carbocycles. The van der Waals surface area contributed by atoms with Crippen LogP contribution in [0.4, 0.5) is 4.79 Å². The maximum atomic E-state index is 10.6. The summed E-state index contributed by atoms with van der Waals surface area (Å²) in [6.07, 6.45) is 2.27. The van der Waals surface area contributed by atoms with Crippen molar-refractivity contribution in [3.63, 3.8) is 0 Å². The van der Waals surface area contributed by atoms with Gasteiger partial charge in [0.05, 0.1) is 19.4 Å². The highest BCUT2D eigenvalue weighted by molar-refractivity contribution is 5.81. The smallest absolute Gasteiger partial charge is 0.332 e. The lowest BCUT2D eigenvalue weighted by molar-refractivity contribution is 0.246. The Hall–Kier alpha value is -3.02. The maximum absolute atomic E-state index is 10.6. The van der Waals surface area contributed by atoms with Crippen molar-refractivity contribution in [2.75, 3.05) is 13.2 Å². The van der Waals surface area contributed by atoms with Crippen LogP contribution in [-0.2, 0) is 0 Å². The molecule has 25 heavy (non-hydrogen) atoms. The Bertz CT molecular complexity index is 744. The van der Waals surface area contributed by atoms with Gasteiger partial charge in [0.1, 0.15) is 11.5 Å². The van der Waals surface area contributed by atoms with Crippen molar-refractivity contribution in [1.29, 1.82) is 0 Å². The summed E-state index contributed by atoms with van der Waals surface area (Å²) >= 11 is 0. The van der Waals surface area contributed by atoms with Gasteiger partial charge < -0.3 is 15.2 Å². The van der Waals surface area contributed by atoms with Gasteiger partial charge in [0.2, 0.25) is 0 Å². The fraction of sp³-hybridized carbons (Fsp3) is 0.263. The monoisotopic (exact) mass is 341 g/mol. The molecule has 0 aromatic heterocycles. The highest BCUT2D eigenvalue weighted by atomic mass is 16.5. The topological polar surface area (TPSA) is 85.9 Å². The first-order valence-corrected chi connectivity index (χ1v) is 8.06. The minimum absolute atomic E-state index is 0.547. The third kappa shape index (κ3) is 6.55. The Morgan fingerprint density at radius 2 is 1.96 bits per heavy atom. The molecule has 2 rings (SSSR count). The predicted molar refractivity (Wildman–Crippen MR) is 98.3 cm³/mol. The molecule has 6 heteroatoms. The number of urea groups is 1. The molecule has 0 spiro atoms. The summed E-state index contributed by atoms with van der Waals surface area (Å²) in [5.74, 6) is 1.65. The van der Waals surface area contributed by atoms with E-state index in [-0.39, 0.29) is 0 Å². The van der Waals surface area contributed by atoms with Gasteiger partial charge in [0.25, 0.3) is 0 Å². The molecule has 2 aromatic rings. The van der Waals surface area contributed by atoms with Gasteiger partial charge in [-0.15, -0.1) is 0 Å². The number of aryl methyl sites for hydroxylation is 2. The Morgan fingerprint density at radius 1 is 1.16 bits per heavy atom. The number of ether oxygens (including phenoxy) is 2. The van der Waals surface area contributed by atoms with E-state index in [2.05, 4.69) is 22.7 Å². The van der Waals surface area contributed by atoms with E-state index < -0.39 is 6.03 Å². The van der Waals surface area contributed by atoms with E-state index in [4.69, 9.17) is 15.2 Å². The van der Waals surface area contributed by atoms with Crippen LogP contribution in [0.3, 0.4) is 0 Å². The van der Waals surface area contributed by atoms with Crippen LogP contribution in [0.25, 0.3) is 0 Å². The van der Waals surface area contributed by atoms with Crippen molar-refractivity contribution < 1.29 is 14.3 Å². The highest BCUT2D eigenvalue weighted by Gasteiger charge is 2.00. The fourth-order valence-corrected chi connectivity index (χ4v) is 2.15. The number of hydrogen-bond acceptors (Lipinski definition) is 4. The van der Waals surface area contributed by atoms with E-state index in [1.165, 1.54) is 11.8 Å². The summed E-state index contributed by atoms with van der Waals surface area (Å²) in [4.78, 5) is 10.6. The summed E-state index contributed by atoms with van der Waals surface area (Å²) in [7, 11) is 0. The zero-order chi connectivity index (χ0) is 18.1. The second-order valence-corrected chi connectivity index (χ2v) is 5.63. The van der Waals surface area contributed by atoms with Crippen molar-refractivity contribution in [2.45, 2.75) is 20.3 Å². The fourth-order valence-electron chi connectivity index (χ4n) is 2.15. The minimum atomic E-state index is -0.701. The Morgan fingerprint density at radius 3 is 2.76 bits per heavy atom. The molecule has 132 valence electrons. The van der Waals surface area contributed by atoms with Crippen LogP contribution in [0, 0.1) is 13.8 Å². The van der Waals surface area contributed by atoms with Gasteiger partial charge in [0.15, 0.2) is 0 Å². The van der Waals surface area contributed by atoms with E-state index in [9.17, 15) is 4.79 Å². The number of hydrazone groups is 1. The van der Waals surface area contributed by atoms with Crippen LogP contribution < -0.4 is 20.6 Å². The van der Waals surface area contributed by atoms with E-state index in [1.807, 2.05) is 44.2 Å². The van der Waals surface area contributed by atoms with Gasteiger partial charge in [-0.05, 0) is 48.7 Å². The molecule has 0 radical (unpaired) electrons. The van der Waals surface area contributed by atoms with Crippen molar-refractivity contribution in [3.05, 3.63) is 59.2 Å². The van der Waals surface area contributed by atoms with Crippen molar-refractivity contribution in [1.82, 2.24) is 5.43 Å². The Balaban J connectivity index is 1.75. The largest absolute Gasteiger partial charge is 0.493 e. The molecule has 0 aliphatic carbocycles. The highest BCUT2D eigenvalue weighted by Crippen LogP contribution is 2.19. The van der Waals surface area contributed by atoms with Crippen LogP contribution in [0.2, 0.25) is 0 Å². The van der Waals surface area contributed by atoms with Crippen LogP contribution in [-0.4, -0.2) is 25.5 Å². The van der Waals surface area contributed by atoms with Gasteiger partial charge in [-0.1, -0.05) is 24.3 Å². The molecule has 0 unspecified atom stereocenters. The molecule has 2 aromatic carbocycles. The minimum Gasteiger partial charge on any atom is -0.493 e. The van der Waals surface area contributed by atoms with E-state index >= 15 is 0 Å². The molecule has 0 aliphatic rings. The average Bonchev–Trinajstić information content (AvgIpc) is 2.57. The first kappa shape index (κ1) is 18.3. The standard InChI is InChI=1S/C19H23N3O3/c1-14-7-8-15(2)18(11-14)25-10-4-9-24-17-6-3-5-16(12-17)13-21-22-19(20)23/h3,5-8,11-13H,4,9-10H2,1-2H3,(H3,20,22,23). The second kappa shape index (κ2) is 9.32. The van der Waals surface area contributed by atoms with Crippen LogP contribution >= 0.6 is 0 Å². The molecule has 0 atom stereocenters. The SMILES string of the molecule is Cc1ccc(C)c(OCCCOc2cccc(C=NNC(N)=O)c2)c1. The first-order chi connectivity index (χ1) is 12.0. The number of rotatable bonds is 8. The summed E-state index contributed by atoms with van der Waals surface area (Å²) in [5, 5.41) is 3.72. The lowest BCUT2D eigenvalue weighted by Crippen LogP contribution is -2.24. The van der Waals surface area contributed by atoms with Crippen molar-refractivity contribution >= 4 is 12.2 Å². The number of nitrogens with zero attached hydrogens (tertiary/aromatic N) is 1. The van der Waals surface area contributed by atoms with Gasteiger partial charge >= 0.3 is 6.03 Å². The van der Waals surface area contributed by atoms with Crippen LogP contribution in [0.15, 0.2) is 47.6 Å². The molecule has 0 heterocycles. The number of benzene rings is 2. The Kier molecular flexibility index (Phi) is 6.83. The predicted octanol–water partition coefficient (Wildman–Crippen LogP) is 3.15. The van der Waals surface area contributed by atoms with E-state index in [0.29, 0.717) is 13.2 Å². The van der Waals surface area contributed by atoms with Gasteiger partial charge in [-0.25, -0.2) is 10.2 Å². The van der Waals surface area contributed by atoms with Gasteiger partial charge in [-0.3, -0.25) is 0 Å². The Labute approximate surface area is 147 Å². The molecule has 2 amide bonds. The number of nitrogens with two attached hydrogens (primary N) is 1. The molecule has 3 N–H and O–H groups in total. The molecule has 6 nitrogen and oxygen atoms in total. The number of hydrogen-bond donors (Lipinski definition) is 2. The molecule has 0 bridgehead atoms. The van der Waals surface area contributed by atoms with Crippen LogP contribution in [0.5, 0.6) is 11.5 Å². The summed E-state index contributed by atoms with van der Waals surface area (Å²) in [6.45, 7) is 5.22. The molecule has 0 saturated heterocycles. The van der Waals surface area contributed by atoms with Crippen LogP contribution in [0.1, 0.15) is 23.1 Å². The van der Waals surface area contributed by atoms with Crippen molar-refractivity contribution in [3.8, 4) is 11.5 Å². The first-order valence-electron chi connectivity index (χ1n) is 8.06. The molecular formula is C19H23N3O3. The number of nitrogens with one attached hydrogen (secondary N) is 1. The quantitative estimate of drug-likeness (QED) is 0.439. The normalized spacial score (nSPS) is 10.6. The molecule has 0 fully saturated rings. The third-order valence-electron chi connectivity index (χ3n) is 3.41. The second-order valence-electron chi connectivity index (χ2n) is 5.63. The summed E-state index contributed by atoms with van der Waals surface area (Å²) < 4.78 is 11.5. The number of primary amides is 1. The maximum Gasteiger partial charge on any atom is 0.332 e. The van der Waals surface area contributed by atoms with Crippen molar-refractivity contribution in [2.24, 2.45) is 10.8 Å². The summed E-state index contributed by atoms with van der Waals surface area (Å²) in [5.41, 5.74) is 10.2. The van der Waals surface area contributed by atoms with Gasteiger partial charge in [0, 0.05) is 6.42 Å². The molecule has 0 aliphatic heterocycles.